The van der Waals surface area contributed by atoms with Crippen LogP contribution in [-0.4, -0.2) is 19.1 Å². The summed E-state index contributed by atoms with van der Waals surface area (Å²) in [7, 11) is 1.60. The molecule has 0 spiro atoms. The maximum Gasteiger partial charge on any atom is 0.253 e. The van der Waals surface area contributed by atoms with Crippen LogP contribution >= 0.6 is 11.6 Å². The van der Waals surface area contributed by atoms with E-state index >= 15 is 0 Å². The zero-order valence-corrected chi connectivity index (χ0v) is 15.1. The topological polar surface area (TPSA) is 47.6 Å². The summed E-state index contributed by atoms with van der Waals surface area (Å²) in [6, 6.07) is 12.4. The highest BCUT2D eigenvalue weighted by Crippen LogP contribution is 2.31. The SMILES string of the molecule is COc1cc(C(C)NC(=O)c2ccccc2Cl)ccc1OC(C)C. The fourth-order valence-electron chi connectivity index (χ4n) is 2.31. The molecule has 0 bridgehead atoms. The lowest BCUT2D eigenvalue weighted by molar-refractivity contribution is 0.0940. The van der Waals surface area contributed by atoms with Gasteiger partial charge in [0.05, 0.1) is 29.8 Å². The van der Waals surface area contributed by atoms with E-state index in [0.717, 1.165) is 5.56 Å². The molecule has 0 saturated heterocycles. The van der Waals surface area contributed by atoms with Gasteiger partial charge < -0.3 is 14.8 Å². The number of ether oxygens (including phenoxy) is 2. The van der Waals surface area contributed by atoms with Crippen LogP contribution < -0.4 is 14.8 Å². The molecule has 0 saturated carbocycles. The fourth-order valence-corrected chi connectivity index (χ4v) is 2.53. The van der Waals surface area contributed by atoms with Crippen LogP contribution in [0.5, 0.6) is 11.5 Å². The van der Waals surface area contributed by atoms with Crippen molar-refractivity contribution in [2.45, 2.75) is 32.9 Å². The lowest BCUT2D eigenvalue weighted by Crippen LogP contribution is -2.26. The van der Waals surface area contributed by atoms with Crippen LogP contribution in [0.25, 0.3) is 0 Å². The Kier molecular flexibility index (Phi) is 6.10. The molecule has 1 N–H and O–H groups in total. The van der Waals surface area contributed by atoms with Crippen LogP contribution in [0.3, 0.4) is 0 Å². The fraction of sp³-hybridized carbons (Fsp3) is 0.316. The van der Waals surface area contributed by atoms with Crippen LogP contribution in [0.4, 0.5) is 0 Å². The molecule has 2 aromatic rings. The van der Waals surface area contributed by atoms with E-state index in [-0.39, 0.29) is 18.1 Å². The first kappa shape index (κ1) is 18.1. The molecule has 0 heterocycles. The molecule has 0 aliphatic carbocycles. The van der Waals surface area contributed by atoms with Gasteiger partial charge in [-0.2, -0.15) is 0 Å². The second-order valence-electron chi connectivity index (χ2n) is 5.75. The van der Waals surface area contributed by atoms with Gasteiger partial charge in [-0.1, -0.05) is 29.8 Å². The molecule has 1 atom stereocenters. The lowest BCUT2D eigenvalue weighted by Gasteiger charge is -2.18. The molecule has 5 heteroatoms. The van der Waals surface area contributed by atoms with Crippen molar-refractivity contribution in [2.24, 2.45) is 0 Å². The van der Waals surface area contributed by atoms with E-state index in [4.69, 9.17) is 21.1 Å². The summed E-state index contributed by atoms with van der Waals surface area (Å²) in [4.78, 5) is 12.4. The van der Waals surface area contributed by atoms with E-state index in [1.54, 1.807) is 31.4 Å². The van der Waals surface area contributed by atoms with Crippen molar-refractivity contribution in [3.05, 3.63) is 58.6 Å². The van der Waals surface area contributed by atoms with Crippen molar-refractivity contribution >= 4 is 17.5 Å². The maximum absolute atomic E-state index is 12.4. The Morgan fingerprint density at radius 2 is 1.79 bits per heavy atom. The number of hydrogen-bond acceptors (Lipinski definition) is 3. The molecule has 1 amide bonds. The van der Waals surface area contributed by atoms with Crippen molar-refractivity contribution in [2.75, 3.05) is 7.11 Å². The lowest BCUT2D eigenvalue weighted by atomic mass is 10.1. The summed E-state index contributed by atoms with van der Waals surface area (Å²) >= 11 is 6.07. The number of methoxy groups -OCH3 is 1. The number of benzene rings is 2. The molecule has 24 heavy (non-hydrogen) atoms. The predicted octanol–water partition coefficient (Wildman–Crippen LogP) is 4.63. The zero-order chi connectivity index (χ0) is 17.7. The third kappa shape index (κ3) is 4.42. The maximum atomic E-state index is 12.4. The minimum Gasteiger partial charge on any atom is -0.493 e. The minimum absolute atomic E-state index is 0.0575. The van der Waals surface area contributed by atoms with Crippen molar-refractivity contribution in [1.29, 1.82) is 0 Å². The van der Waals surface area contributed by atoms with E-state index in [9.17, 15) is 4.79 Å². The summed E-state index contributed by atoms with van der Waals surface area (Å²) in [5.41, 5.74) is 1.38. The molecule has 2 aromatic carbocycles. The molecule has 0 aliphatic heterocycles. The summed E-state index contributed by atoms with van der Waals surface area (Å²) < 4.78 is 11.1. The second-order valence-corrected chi connectivity index (χ2v) is 6.16. The first-order valence-corrected chi connectivity index (χ1v) is 8.20. The molecular weight excluding hydrogens is 326 g/mol. The number of carbonyl (C=O) groups excluding carboxylic acids is 1. The molecule has 4 nitrogen and oxygen atoms in total. The van der Waals surface area contributed by atoms with E-state index in [2.05, 4.69) is 5.32 Å². The average Bonchev–Trinajstić information content (AvgIpc) is 2.54. The highest BCUT2D eigenvalue weighted by molar-refractivity contribution is 6.33. The Balaban J connectivity index is 2.16. The molecule has 0 aromatic heterocycles. The standard InChI is InChI=1S/C19H22ClNO3/c1-12(2)24-17-10-9-14(11-18(17)23-4)13(3)21-19(22)15-7-5-6-8-16(15)20/h5-13H,1-4H3,(H,21,22). The van der Waals surface area contributed by atoms with Gasteiger partial charge in [0.15, 0.2) is 11.5 Å². The van der Waals surface area contributed by atoms with Gasteiger partial charge in [0, 0.05) is 0 Å². The average molecular weight is 348 g/mol. The van der Waals surface area contributed by atoms with Gasteiger partial charge in [0.25, 0.3) is 5.91 Å². The molecule has 128 valence electrons. The summed E-state index contributed by atoms with van der Waals surface area (Å²) in [6.07, 6.45) is 0.0575. The number of halogens is 1. The Morgan fingerprint density at radius 1 is 1.08 bits per heavy atom. The predicted molar refractivity (Wildman–Crippen MR) is 96.1 cm³/mol. The smallest absolute Gasteiger partial charge is 0.253 e. The van der Waals surface area contributed by atoms with Gasteiger partial charge in [-0.3, -0.25) is 4.79 Å². The van der Waals surface area contributed by atoms with Crippen molar-refractivity contribution < 1.29 is 14.3 Å². The number of rotatable bonds is 6. The Morgan fingerprint density at radius 3 is 2.42 bits per heavy atom. The highest BCUT2D eigenvalue weighted by Gasteiger charge is 2.16. The number of amides is 1. The van der Waals surface area contributed by atoms with Crippen LogP contribution in [-0.2, 0) is 0 Å². The largest absolute Gasteiger partial charge is 0.493 e. The second kappa shape index (κ2) is 8.06. The van der Waals surface area contributed by atoms with Crippen molar-refractivity contribution in [3.8, 4) is 11.5 Å². The molecule has 0 aliphatic rings. The zero-order valence-electron chi connectivity index (χ0n) is 14.3. The van der Waals surface area contributed by atoms with Crippen molar-refractivity contribution in [1.82, 2.24) is 5.32 Å². The summed E-state index contributed by atoms with van der Waals surface area (Å²) in [5.74, 6) is 1.11. The van der Waals surface area contributed by atoms with Gasteiger partial charge in [-0.25, -0.2) is 0 Å². The Bertz CT molecular complexity index is 716. The minimum atomic E-state index is -0.213. The number of hydrogen-bond donors (Lipinski definition) is 1. The van der Waals surface area contributed by atoms with Gasteiger partial charge >= 0.3 is 0 Å². The van der Waals surface area contributed by atoms with Crippen LogP contribution in [0.2, 0.25) is 5.02 Å². The molecular formula is C19H22ClNO3. The van der Waals surface area contributed by atoms with Crippen LogP contribution in [0, 0.1) is 0 Å². The highest BCUT2D eigenvalue weighted by atomic mass is 35.5. The van der Waals surface area contributed by atoms with Gasteiger partial charge in [-0.05, 0) is 50.6 Å². The monoisotopic (exact) mass is 347 g/mol. The molecule has 0 radical (unpaired) electrons. The third-order valence-electron chi connectivity index (χ3n) is 3.52. The van der Waals surface area contributed by atoms with Gasteiger partial charge in [-0.15, -0.1) is 0 Å². The quantitative estimate of drug-likeness (QED) is 0.829. The summed E-state index contributed by atoms with van der Waals surface area (Å²) in [6.45, 7) is 5.83. The number of carbonyl (C=O) groups is 1. The number of nitrogens with one attached hydrogen (secondary N) is 1. The first-order valence-electron chi connectivity index (χ1n) is 7.82. The van der Waals surface area contributed by atoms with E-state index in [1.165, 1.54) is 0 Å². The van der Waals surface area contributed by atoms with E-state index < -0.39 is 0 Å². The Labute approximate surface area is 147 Å². The van der Waals surface area contributed by atoms with Gasteiger partial charge in [0.1, 0.15) is 0 Å². The van der Waals surface area contributed by atoms with Gasteiger partial charge in [0.2, 0.25) is 0 Å². The first-order chi connectivity index (χ1) is 11.4. The normalized spacial score (nSPS) is 11.9. The third-order valence-corrected chi connectivity index (χ3v) is 3.85. The molecule has 0 fully saturated rings. The summed E-state index contributed by atoms with van der Waals surface area (Å²) in [5, 5.41) is 3.38. The van der Waals surface area contributed by atoms with E-state index in [0.29, 0.717) is 22.1 Å². The van der Waals surface area contributed by atoms with Crippen LogP contribution in [0.15, 0.2) is 42.5 Å². The molecule has 1 unspecified atom stereocenters. The van der Waals surface area contributed by atoms with Crippen LogP contribution in [0.1, 0.15) is 42.7 Å². The Hall–Kier alpha value is -2.20. The van der Waals surface area contributed by atoms with Crippen molar-refractivity contribution in [3.63, 3.8) is 0 Å². The van der Waals surface area contributed by atoms with E-state index in [1.807, 2.05) is 39.0 Å². The molecule has 2 rings (SSSR count).